The molecule has 0 aliphatic carbocycles. The number of aromatic nitrogens is 3. The Labute approximate surface area is 131 Å². The van der Waals surface area contributed by atoms with Gasteiger partial charge >= 0.3 is 0 Å². The average molecular weight is 314 g/mol. The van der Waals surface area contributed by atoms with E-state index in [1.54, 1.807) is 24.3 Å². The Morgan fingerprint density at radius 2 is 2.22 bits per heavy atom. The van der Waals surface area contributed by atoms with Gasteiger partial charge in [-0.15, -0.1) is 5.10 Å². The van der Waals surface area contributed by atoms with E-state index in [1.165, 1.54) is 22.8 Å². The van der Waals surface area contributed by atoms with Crippen molar-refractivity contribution in [1.82, 2.24) is 19.9 Å². The van der Waals surface area contributed by atoms with E-state index in [0.717, 1.165) is 0 Å². The summed E-state index contributed by atoms with van der Waals surface area (Å²) in [7, 11) is 0. The molecule has 6 nitrogen and oxygen atoms in total. The third-order valence-corrected chi connectivity index (χ3v) is 3.16. The number of nitrogens with zero attached hydrogens (tertiary/aromatic N) is 3. The van der Waals surface area contributed by atoms with Crippen LogP contribution in [0.1, 0.15) is 23.0 Å². The number of amides is 1. The quantitative estimate of drug-likeness (QED) is 0.784. The van der Waals surface area contributed by atoms with Crippen LogP contribution in [-0.4, -0.2) is 27.1 Å². The fraction of sp³-hybridized carbons (Fsp3) is 0.188. The molecular formula is C16H15FN4O2. The maximum Gasteiger partial charge on any atom is 0.271 e. The molecule has 0 saturated heterocycles. The summed E-state index contributed by atoms with van der Waals surface area (Å²) in [6, 6.07) is 9.49. The van der Waals surface area contributed by atoms with E-state index in [2.05, 4.69) is 15.4 Å². The van der Waals surface area contributed by atoms with Crippen molar-refractivity contribution in [1.29, 1.82) is 0 Å². The Morgan fingerprint density at radius 1 is 1.35 bits per heavy atom. The van der Waals surface area contributed by atoms with E-state index < -0.39 is 0 Å². The zero-order valence-corrected chi connectivity index (χ0v) is 12.5. The van der Waals surface area contributed by atoms with Crippen LogP contribution in [-0.2, 0) is 6.54 Å². The summed E-state index contributed by atoms with van der Waals surface area (Å²) in [6.07, 6.45) is 1.53. The Bertz CT molecular complexity index is 847. The second-order valence-corrected chi connectivity index (χ2v) is 4.85. The first kappa shape index (κ1) is 15.0. The highest BCUT2D eigenvalue weighted by atomic mass is 19.1. The summed E-state index contributed by atoms with van der Waals surface area (Å²) in [5, 5.41) is 6.90. The molecule has 0 radical (unpaired) electrons. The molecule has 3 aromatic rings. The van der Waals surface area contributed by atoms with Gasteiger partial charge in [0.25, 0.3) is 5.91 Å². The second kappa shape index (κ2) is 6.43. The molecule has 0 spiro atoms. The van der Waals surface area contributed by atoms with Crippen molar-refractivity contribution in [2.75, 3.05) is 6.61 Å². The van der Waals surface area contributed by atoms with E-state index in [9.17, 15) is 9.18 Å². The normalized spacial score (nSPS) is 10.7. The minimum absolute atomic E-state index is 0.224. The first-order valence-electron chi connectivity index (χ1n) is 7.17. The third-order valence-electron chi connectivity index (χ3n) is 3.16. The summed E-state index contributed by atoms with van der Waals surface area (Å²) >= 11 is 0. The number of hydrogen-bond acceptors (Lipinski definition) is 4. The van der Waals surface area contributed by atoms with Crippen molar-refractivity contribution in [2.45, 2.75) is 13.5 Å². The first-order valence-corrected chi connectivity index (χ1v) is 7.17. The Hall–Kier alpha value is -2.96. The maximum absolute atomic E-state index is 13.1. The van der Waals surface area contributed by atoms with Gasteiger partial charge in [-0.05, 0) is 30.7 Å². The van der Waals surface area contributed by atoms with Gasteiger partial charge in [0.1, 0.15) is 11.5 Å². The van der Waals surface area contributed by atoms with Gasteiger partial charge in [-0.3, -0.25) is 4.79 Å². The number of imidazole rings is 1. The first-order chi connectivity index (χ1) is 11.2. The zero-order valence-electron chi connectivity index (χ0n) is 12.5. The van der Waals surface area contributed by atoms with Gasteiger partial charge in [0.05, 0.1) is 12.8 Å². The van der Waals surface area contributed by atoms with Crippen LogP contribution < -0.4 is 10.1 Å². The van der Waals surface area contributed by atoms with E-state index in [-0.39, 0.29) is 24.0 Å². The van der Waals surface area contributed by atoms with Gasteiger partial charge in [0, 0.05) is 12.6 Å². The number of carbonyl (C=O) groups is 1. The topological polar surface area (TPSA) is 68.5 Å². The number of benzene rings is 1. The van der Waals surface area contributed by atoms with Crippen LogP contribution in [0.5, 0.6) is 5.88 Å². The summed E-state index contributed by atoms with van der Waals surface area (Å²) < 4.78 is 19.9. The molecule has 0 aliphatic rings. The van der Waals surface area contributed by atoms with Crippen molar-refractivity contribution >= 4 is 11.6 Å². The third kappa shape index (κ3) is 3.45. The summed E-state index contributed by atoms with van der Waals surface area (Å²) in [6.45, 7) is 2.60. The number of ether oxygens (including phenoxy) is 1. The lowest BCUT2D eigenvalue weighted by Gasteiger charge is -2.03. The molecule has 2 heterocycles. The highest BCUT2D eigenvalue weighted by Crippen LogP contribution is 2.10. The molecule has 1 amide bonds. The lowest BCUT2D eigenvalue weighted by atomic mass is 10.2. The van der Waals surface area contributed by atoms with Crippen LogP contribution >= 0.6 is 0 Å². The number of halogens is 1. The van der Waals surface area contributed by atoms with Gasteiger partial charge in [0.15, 0.2) is 5.65 Å². The van der Waals surface area contributed by atoms with E-state index in [0.29, 0.717) is 23.7 Å². The lowest BCUT2D eigenvalue weighted by Crippen LogP contribution is -2.23. The van der Waals surface area contributed by atoms with Crippen LogP contribution in [0.2, 0.25) is 0 Å². The van der Waals surface area contributed by atoms with E-state index in [1.807, 2.05) is 6.92 Å². The minimum atomic E-state index is -0.349. The Balaban J connectivity index is 1.73. The molecule has 2 aromatic heterocycles. The van der Waals surface area contributed by atoms with Crippen LogP contribution in [0.3, 0.4) is 0 Å². The van der Waals surface area contributed by atoms with Crippen LogP contribution in [0.4, 0.5) is 4.39 Å². The van der Waals surface area contributed by atoms with Crippen molar-refractivity contribution in [3.63, 3.8) is 0 Å². The summed E-state index contributed by atoms with van der Waals surface area (Å²) in [5.41, 5.74) is 1.46. The fourth-order valence-corrected chi connectivity index (χ4v) is 2.12. The SMILES string of the molecule is CCOc1ccc2nc(C(=O)NCc3cccc(F)c3)cn2n1. The van der Waals surface area contributed by atoms with Crippen molar-refractivity contribution in [3.05, 3.63) is 59.7 Å². The van der Waals surface area contributed by atoms with Gasteiger partial charge < -0.3 is 10.1 Å². The van der Waals surface area contributed by atoms with E-state index >= 15 is 0 Å². The van der Waals surface area contributed by atoms with Crippen molar-refractivity contribution < 1.29 is 13.9 Å². The molecule has 0 atom stereocenters. The van der Waals surface area contributed by atoms with E-state index in [4.69, 9.17) is 4.74 Å². The van der Waals surface area contributed by atoms with Crippen LogP contribution in [0, 0.1) is 5.82 Å². The summed E-state index contributed by atoms with van der Waals surface area (Å²) in [4.78, 5) is 16.3. The number of rotatable bonds is 5. The molecular weight excluding hydrogens is 299 g/mol. The predicted molar refractivity (Wildman–Crippen MR) is 81.7 cm³/mol. The van der Waals surface area contributed by atoms with Crippen molar-refractivity contribution in [3.8, 4) is 5.88 Å². The fourth-order valence-electron chi connectivity index (χ4n) is 2.12. The highest BCUT2D eigenvalue weighted by molar-refractivity contribution is 5.92. The summed E-state index contributed by atoms with van der Waals surface area (Å²) in [5.74, 6) is -0.223. The average Bonchev–Trinajstić information content (AvgIpc) is 2.96. The smallest absolute Gasteiger partial charge is 0.271 e. The lowest BCUT2D eigenvalue weighted by molar-refractivity contribution is 0.0946. The van der Waals surface area contributed by atoms with Crippen LogP contribution in [0.25, 0.3) is 5.65 Å². The molecule has 1 N–H and O–H groups in total. The second-order valence-electron chi connectivity index (χ2n) is 4.85. The van der Waals surface area contributed by atoms with Gasteiger partial charge in [0.2, 0.25) is 5.88 Å². The molecule has 0 saturated carbocycles. The predicted octanol–water partition coefficient (Wildman–Crippen LogP) is 2.20. The molecule has 3 rings (SSSR count). The van der Waals surface area contributed by atoms with Gasteiger partial charge in [-0.2, -0.15) is 0 Å². The standard InChI is InChI=1S/C16H15FN4O2/c1-2-23-15-7-6-14-19-13(10-21(14)20-15)16(22)18-9-11-4-3-5-12(17)8-11/h3-8,10H,2,9H2,1H3,(H,18,22). The number of hydrogen-bond donors (Lipinski definition) is 1. The molecule has 0 bridgehead atoms. The zero-order chi connectivity index (χ0) is 16.2. The van der Waals surface area contributed by atoms with Gasteiger partial charge in [-0.1, -0.05) is 12.1 Å². The molecule has 23 heavy (non-hydrogen) atoms. The maximum atomic E-state index is 13.1. The molecule has 0 fully saturated rings. The number of nitrogens with one attached hydrogen (secondary N) is 1. The number of carbonyl (C=O) groups excluding carboxylic acids is 1. The molecule has 1 aromatic carbocycles. The van der Waals surface area contributed by atoms with Crippen LogP contribution in [0.15, 0.2) is 42.6 Å². The molecule has 0 unspecified atom stereocenters. The largest absolute Gasteiger partial charge is 0.477 e. The Kier molecular flexibility index (Phi) is 4.18. The highest BCUT2D eigenvalue weighted by Gasteiger charge is 2.11. The Morgan fingerprint density at radius 3 is 3.00 bits per heavy atom. The molecule has 118 valence electrons. The molecule has 7 heteroatoms. The monoisotopic (exact) mass is 314 g/mol. The number of fused-ring (bicyclic) bond motifs is 1. The van der Waals surface area contributed by atoms with Gasteiger partial charge in [-0.25, -0.2) is 13.9 Å². The molecule has 0 aliphatic heterocycles. The minimum Gasteiger partial charge on any atom is -0.477 e. The van der Waals surface area contributed by atoms with Crippen molar-refractivity contribution in [2.24, 2.45) is 0 Å².